The summed E-state index contributed by atoms with van der Waals surface area (Å²) in [6.07, 6.45) is 6.82. The number of likely N-dealkylation sites (tertiary alicyclic amines) is 1. The van der Waals surface area contributed by atoms with Crippen molar-refractivity contribution in [2.45, 2.75) is 39.2 Å². The molecule has 0 radical (unpaired) electrons. The Morgan fingerprint density at radius 3 is 2.73 bits per heavy atom. The number of nitrogens with zero attached hydrogens (tertiary/aromatic N) is 3. The average Bonchev–Trinajstić information content (AvgIpc) is 2.67. The first-order valence-electron chi connectivity index (χ1n) is 9.60. The lowest BCUT2D eigenvalue weighted by Crippen LogP contribution is -2.43. The van der Waals surface area contributed by atoms with Crippen LogP contribution >= 0.6 is 24.0 Å². The minimum absolute atomic E-state index is 0. The van der Waals surface area contributed by atoms with Gasteiger partial charge in [0.15, 0.2) is 5.96 Å². The van der Waals surface area contributed by atoms with Crippen LogP contribution in [0.1, 0.15) is 38.3 Å². The van der Waals surface area contributed by atoms with Crippen LogP contribution in [0.3, 0.4) is 0 Å². The third kappa shape index (κ3) is 10.3. The second-order valence-electron chi connectivity index (χ2n) is 6.29. The molecule has 2 heterocycles. The molecular formula is C19H34IN5O. The van der Waals surface area contributed by atoms with Crippen LogP contribution in [-0.4, -0.2) is 61.8 Å². The van der Waals surface area contributed by atoms with Crippen molar-refractivity contribution < 1.29 is 4.74 Å². The second-order valence-corrected chi connectivity index (χ2v) is 6.29. The lowest BCUT2D eigenvalue weighted by Gasteiger charge is -2.26. The zero-order chi connectivity index (χ0) is 17.6. The zero-order valence-electron chi connectivity index (χ0n) is 16.0. The maximum absolute atomic E-state index is 5.39. The highest BCUT2D eigenvalue weighted by molar-refractivity contribution is 14.0. The van der Waals surface area contributed by atoms with Crippen molar-refractivity contribution in [3.05, 3.63) is 30.1 Å². The van der Waals surface area contributed by atoms with E-state index in [1.807, 2.05) is 31.3 Å². The molecule has 0 unspecified atom stereocenters. The fourth-order valence-electron chi connectivity index (χ4n) is 2.87. The van der Waals surface area contributed by atoms with Gasteiger partial charge in [-0.25, -0.2) is 4.99 Å². The van der Waals surface area contributed by atoms with Crippen LogP contribution in [0, 0.1) is 0 Å². The predicted molar refractivity (Wildman–Crippen MR) is 118 cm³/mol. The molecule has 6 nitrogen and oxygen atoms in total. The Labute approximate surface area is 175 Å². The highest BCUT2D eigenvalue weighted by atomic mass is 127. The van der Waals surface area contributed by atoms with Crippen molar-refractivity contribution in [1.82, 2.24) is 20.5 Å². The lowest BCUT2D eigenvalue weighted by molar-refractivity contribution is 0.145. The molecule has 0 spiro atoms. The summed E-state index contributed by atoms with van der Waals surface area (Å²) in [7, 11) is 0. The SMILES string of the molecule is CCOCCCNC(=NCc1ccccn1)NCCN1CCCCC1.I. The van der Waals surface area contributed by atoms with Crippen LogP contribution in [0.2, 0.25) is 0 Å². The van der Waals surface area contributed by atoms with Gasteiger partial charge in [0.1, 0.15) is 0 Å². The standard InChI is InChI=1S/C19H33N5O.HI/c1-2-25-16-8-11-21-19(23-17-18-9-4-5-10-20-18)22-12-15-24-13-6-3-7-14-24;/h4-5,9-10H,2-3,6-8,11-17H2,1H3,(H2,21,22,23);1H. The van der Waals surface area contributed by atoms with E-state index in [0.29, 0.717) is 6.54 Å². The van der Waals surface area contributed by atoms with Crippen LogP contribution in [0.15, 0.2) is 29.4 Å². The maximum atomic E-state index is 5.39. The molecular weight excluding hydrogens is 441 g/mol. The van der Waals surface area contributed by atoms with Crippen molar-refractivity contribution in [3.8, 4) is 0 Å². The van der Waals surface area contributed by atoms with Gasteiger partial charge < -0.3 is 20.3 Å². The molecule has 1 saturated heterocycles. The molecule has 1 aromatic heterocycles. The Balaban J connectivity index is 0.00000338. The van der Waals surface area contributed by atoms with Gasteiger partial charge in [0.25, 0.3) is 0 Å². The van der Waals surface area contributed by atoms with Gasteiger partial charge in [-0.2, -0.15) is 0 Å². The molecule has 1 aliphatic heterocycles. The Kier molecular flexibility index (Phi) is 13.5. The monoisotopic (exact) mass is 475 g/mol. The number of nitrogens with one attached hydrogen (secondary N) is 2. The first-order valence-corrected chi connectivity index (χ1v) is 9.60. The number of aliphatic imine (C=N–C) groups is 1. The Bertz CT molecular complexity index is 480. The molecule has 0 saturated carbocycles. The minimum atomic E-state index is 0. The third-order valence-corrected chi connectivity index (χ3v) is 4.26. The molecule has 26 heavy (non-hydrogen) atoms. The van der Waals surface area contributed by atoms with E-state index in [-0.39, 0.29) is 24.0 Å². The minimum Gasteiger partial charge on any atom is -0.382 e. The normalized spacial score (nSPS) is 15.3. The summed E-state index contributed by atoms with van der Waals surface area (Å²) in [6.45, 7) is 9.47. The predicted octanol–water partition coefficient (Wildman–Crippen LogP) is 2.65. The molecule has 7 heteroatoms. The van der Waals surface area contributed by atoms with Crippen molar-refractivity contribution in [1.29, 1.82) is 0 Å². The number of aromatic nitrogens is 1. The number of pyridine rings is 1. The lowest BCUT2D eigenvalue weighted by atomic mass is 10.1. The highest BCUT2D eigenvalue weighted by Crippen LogP contribution is 2.07. The summed E-state index contributed by atoms with van der Waals surface area (Å²) < 4.78 is 5.39. The number of hydrogen-bond donors (Lipinski definition) is 2. The van der Waals surface area contributed by atoms with Gasteiger partial charge in [0.2, 0.25) is 0 Å². The summed E-state index contributed by atoms with van der Waals surface area (Å²) in [5, 5.41) is 6.86. The Hall–Kier alpha value is -0.930. The van der Waals surface area contributed by atoms with Gasteiger partial charge in [-0.05, 0) is 51.4 Å². The largest absolute Gasteiger partial charge is 0.382 e. The van der Waals surface area contributed by atoms with Crippen molar-refractivity contribution >= 4 is 29.9 Å². The van der Waals surface area contributed by atoms with E-state index in [2.05, 4.69) is 25.5 Å². The molecule has 2 rings (SSSR count). The third-order valence-electron chi connectivity index (χ3n) is 4.26. The molecule has 0 bridgehead atoms. The van der Waals surface area contributed by atoms with Crippen LogP contribution in [-0.2, 0) is 11.3 Å². The maximum Gasteiger partial charge on any atom is 0.191 e. The molecule has 0 aromatic carbocycles. The van der Waals surface area contributed by atoms with E-state index in [1.54, 1.807) is 0 Å². The van der Waals surface area contributed by atoms with E-state index in [0.717, 1.165) is 50.9 Å². The molecule has 1 aromatic rings. The number of hydrogen-bond acceptors (Lipinski definition) is 4. The summed E-state index contributed by atoms with van der Waals surface area (Å²) in [5.41, 5.74) is 0.981. The smallest absolute Gasteiger partial charge is 0.191 e. The van der Waals surface area contributed by atoms with E-state index < -0.39 is 0 Å². The van der Waals surface area contributed by atoms with Gasteiger partial charge in [0.05, 0.1) is 12.2 Å². The topological polar surface area (TPSA) is 61.8 Å². The summed E-state index contributed by atoms with van der Waals surface area (Å²) in [5.74, 6) is 0.860. The highest BCUT2D eigenvalue weighted by Gasteiger charge is 2.09. The molecule has 148 valence electrons. The number of guanidine groups is 1. The molecule has 1 aliphatic rings. The number of rotatable bonds is 10. The summed E-state index contributed by atoms with van der Waals surface area (Å²) in [4.78, 5) is 11.5. The first kappa shape index (κ1) is 23.1. The van der Waals surface area contributed by atoms with Crippen LogP contribution in [0.4, 0.5) is 0 Å². The summed E-state index contributed by atoms with van der Waals surface area (Å²) >= 11 is 0. The zero-order valence-corrected chi connectivity index (χ0v) is 18.3. The Morgan fingerprint density at radius 2 is 2.00 bits per heavy atom. The first-order chi connectivity index (χ1) is 12.4. The fourth-order valence-corrected chi connectivity index (χ4v) is 2.87. The van der Waals surface area contributed by atoms with Crippen LogP contribution < -0.4 is 10.6 Å². The van der Waals surface area contributed by atoms with Gasteiger partial charge >= 0.3 is 0 Å². The number of piperidine rings is 1. The van der Waals surface area contributed by atoms with Gasteiger partial charge in [-0.3, -0.25) is 4.98 Å². The van der Waals surface area contributed by atoms with Crippen molar-refractivity contribution in [2.75, 3.05) is 45.9 Å². The Morgan fingerprint density at radius 1 is 1.19 bits per heavy atom. The molecule has 2 N–H and O–H groups in total. The van der Waals surface area contributed by atoms with E-state index in [1.165, 1.54) is 32.4 Å². The van der Waals surface area contributed by atoms with E-state index in [4.69, 9.17) is 4.74 Å². The quantitative estimate of drug-likeness (QED) is 0.236. The van der Waals surface area contributed by atoms with Crippen LogP contribution in [0.5, 0.6) is 0 Å². The fraction of sp³-hybridized carbons (Fsp3) is 0.684. The van der Waals surface area contributed by atoms with Crippen molar-refractivity contribution in [3.63, 3.8) is 0 Å². The molecule has 0 amide bonds. The van der Waals surface area contributed by atoms with Gasteiger partial charge in [-0.15, -0.1) is 24.0 Å². The number of ether oxygens (including phenoxy) is 1. The van der Waals surface area contributed by atoms with Crippen molar-refractivity contribution in [2.24, 2.45) is 4.99 Å². The average molecular weight is 475 g/mol. The van der Waals surface area contributed by atoms with E-state index in [9.17, 15) is 0 Å². The van der Waals surface area contributed by atoms with Gasteiger partial charge in [0, 0.05) is 39.0 Å². The second kappa shape index (κ2) is 15.2. The molecule has 0 aliphatic carbocycles. The molecule has 1 fully saturated rings. The number of halogens is 1. The van der Waals surface area contributed by atoms with Gasteiger partial charge in [-0.1, -0.05) is 12.5 Å². The van der Waals surface area contributed by atoms with E-state index >= 15 is 0 Å². The summed E-state index contributed by atoms with van der Waals surface area (Å²) in [6, 6.07) is 5.93. The van der Waals surface area contributed by atoms with Crippen LogP contribution in [0.25, 0.3) is 0 Å². The molecule has 0 atom stereocenters.